The summed E-state index contributed by atoms with van der Waals surface area (Å²) in [5.41, 5.74) is 6.74. The normalized spacial score (nSPS) is 12.0. The van der Waals surface area contributed by atoms with E-state index in [1.165, 1.54) is 62.6 Å². The molecule has 4 heterocycles. The van der Waals surface area contributed by atoms with Crippen molar-refractivity contribution in [2.75, 3.05) is 0 Å². The van der Waals surface area contributed by atoms with Crippen LogP contribution in [-0.2, 0) is 0 Å². The second-order valence-electron chi connectivity index (χ2n) is 10.1. The fourth-order valence-corrected chi connectivity index (χ4v) is 8.68. The van der Waals surface area contributed by atoms with Crippen LogP contribution in [0.3, 0.4) is 0 Å². The zero-order valence-electron chi connectivity index (χ0n) is 21.3. The standard InChI is InChI=1S/C36H20N2S2/c1-3-15-31-22(8-1)26-11-5-10-25(35(26)39-31)21-17-18-24(33-29(21)20-38-30-14-7-19-37-34(30)33)28-13-6-12-27-23-9-2-4-16-32(23)40-36(27)28/h1-20H. The van der Waals surface area contributed by atoms with Crippen LogP contribution in [0.4, 0.5) is 0 Å². The number of pyridine rings is 2. The van der Waals surface area contributed by atoms with Gasteiger partial charge in [0, 0.05) is 74.6 Å². The molecule has 0 fully saturated rings. The SMILES string of the molecule is c1cnc2c(c1)ncc1c(-c3cccc4c3sc3ccccc34)ccc(-c3cccc4c3sc3ccccc34)c12. The van der Waals surface area contributed by atoms with Gasteiger partial charge in [0.05, 0.1) is 11.0 Å². The van der Waals surface area contributed by atoms with Gasteiger partial charge in [0.25, 0.3) is 0 Å². The predicted molar refractivity (Wildman–Crippen MR) is 174 cm³/mol. The molecule has 0 bridgehead atoms. The van der Waals surface area contributed by atoms with Crippen LogP contribution in [0.15, 0.2) is 122 Å². The van der Waals surface area contributed by atoms with Crippen LogP contribution >= 0.6 is 22.7 Å². The third-order valence-corrected chi connectivity index (χ3v) is 10.4. The first-order valence-electron chi connectivity index (χ1n) is 13.3. The van der Waals surface area contributed by atoms with E-state index in [4.69, 9.17) is 9.97 Å². The van der Waals surface area contributed by atoms with Crippen LogP contribution in [0, 0.1) is 0 Å². The van der Waals surface area contributed by atoms with Crippen LogP contribution in [0.2, 0.25) is 0 Å². The Morgan fingerprint density at radius 3 is 1.73 bits per heavy atom. The van der Waals surface area contributed by atoms with Crippen molar-refractivity contribution in [1.82, 2.24) is 9.97 Å². The largest absolute Gasteiger partial charge is 0.254 e. The van der Waals surface area contributed by atoms with E-state index in [2.05, 4.69) is 109 Å². The molecule has 0 spiro atoms. The van der Waals surface area contributed by atoms with Crippen molar-refractivity contribution >= 4 is 84.8 Å². The molecule has 0 aliphatic heterocycles. The first-order chi connectivity index (χ1) is 19.8. The van der Waals surface area contributed by atoms with Gasteiger partial charge in [-0.05, 0) is 35.4 Å². The summed E-state index contributed by atoms with van der Waals surface area (Å²) in [6, 6.07) is 39.4. The summed E-state index contributed by atoms with van der Waals surface area (Å²) in [6.45, 7) is 0. The van der Waals surface area contributed by atoms with E-state index < -0.39 is 0 Å². The Hall–Kier alpha value is -4.64. The second-order valence-corrected chi connectivity index (χ2v) is 12.2. The topological polar surface area (TPSA) is 25.8 Å². The van der Waals surface area contributed by atoms with Gasteiger partial charge in [-0.15, -0.1) is 22.7 Å². The molecule has 4 aromatic heterocycles. The lowest BCUT2D eigenvalue weighted by molar-refractivity contribution is 1.36. The average Bonchev–Trinajstić information content (AvgIpc) is 3.59. The monoisotopic (exact) mass is 544 g/mol. The highest BCUT2D eigenvalue weighted by atomic mass is 32.1. The minimum absolute atomic E-state index is 0.914. The minimum Gasteiger partial charge on any atom is -0.254 e. The third kappa shape index (κ3) is 3.09. The van der Waals surface area contributed by atoms with Gasteiger partial charge in [-0.1, -0.05) is 84.9 Å². The lowest BCUT2D eigenvalue weighted by Gasteiger charge is -2.15. The first kappa shape index (κ1) is 22.2. The maximum atomic E-state index is 4.89. The highest BCUT2D eigenvalue weighted by Crippen LogP contribution is 2.46. The molecule has 40 heavy (non-hydrogen) atoms. The molecule has 0 aliphatic rings. The van der Waals surface area contributed by atoms with E-state index in [0.717, 1.165) is 21.8 Å². The van der Waals surface area contributed by atoms with E-state index >= 15 is 0 Å². The van der Waals surface area contributed by atoms with Crippen molar-refractivity contribution in [3.63, 3.8) is 0 Å². The van der Waals surface area contributed by atoms with Crippen molar-refractivity contribution < 1.29 is 0 Å². The molecule has 0 saturated carbocycles. The summed E-state index contributed by atoms with van der Waals surface area (Å²) in [5.74, 6) is 0. The van der Waals surface area contributed by atoms with Gasteiger partial charge < -0.3 is 0 Å². The Labute approximate surface area is 237 Å². The Bertz CT molecular complexity index is 2450. The molecular weight excluding hydrogens is 525 g/mol. The molecular formula is C36H20N2S2. The molecule has 0 saturated heterocycles. The van der Waals surface area contributed by atoms with Crippen LogP contribution in [-0.4, -0.2) is 9.97 Å². The van der Waals surface area contributed by atoms with Gasteiger partial charge >= 0.3 is 0 Å². The van der Waals surface area contributed by atoms with E-state index in [9.17, 15) is 0 Å². The molecule has 0 N–H and O–H groups in total. The van der Waals surface area contributed by atoms with Crippen LogP contribution < -0.4 is 0 Å². The van der Waals surface area contributed by atoms with Crippen molar-refractivity contribution in [3.8, 4) is 22.3 Å². The average molecular weight is 545 g/mol. The van der Waals surface area contributed by atoms with Gasteiger partial charge in [-0.3, -0.25) is 9.97 Å². The summed E-state index contributed by atoms with van der Waals surface area (Å²) in [6.07, 6.45) is 3.93. The van der Waals surface area contributed by atoms with Crippen molar-refractivity contribution in [2.24, 2.45) is 0 Å². The smallest absolute Gasteiger partial charge is 0.0971 e. The molecule has 0 amide bonds. The molecule has 4 heteroatoms. The highest BCUT2D eigenvalue weighted by molar-refractivity contribution is 7.26. The van der Waals surface area contributed by atoms with E-state index in [1.54, 1.807) is 0 Å². The summed E-state index contributed by atoms with van der Waals surface area (Å²) in [5, 5.41) is 7.52. The Balaban J connectivity index is 1.41. The molecule has 186 valence electrons. The zero-order valence-corrected chi connectivity index (χ0v) is 22.9. The van der Waals surface area contributed by atoms with Gasteiger partial charge in [0.1, 0.15) is 0 Å². The molecule has 5 aromatic carbocycles. The van der Waals surface area contributed by atoms with Crippen molar-refractivity contribution in [1.29, 1.82) is 0 Å². The van der Waals surface area contributed by atoms with Gasteiger partial charge in [0.15, 0.2) is 0 Å². The second kappa shape index (κ2) is 8.43. The van der Waals surface area contributed by atoms with E-state index in [1.807, 2.05) is 34.9 Å². The molecule has 9 rings (SSSR count). The number of rotatable bonds is 2. The zero-order chi connectivity index (χ0) is 26.2. The molecule has 2 nitrogen and oxygen atoms in total. The predicted octanol–water partition coefficient (Wildman–Crippen LogP) is 10.9. The van der Waals surface area contributed by atoms with Crippen LogP contribution in [0.25, 0.3) is 84.4 Å². The summed E-state index contributed by atoms with van der Waals surface area (Å²) >= 11 is 3.73. The number of hydrogen-bond donors (Lipinski definition) is 0. The molecule has 0 aliphatic carbocycles. The summed E-state index contributed by atoms with van der Waals surface area (Å²) in [7, 11) is 0. The van der Waals surface area contributed by atoms with Gasteiger partial charge in [0.2, 0.25) is 0 Å². The quantitative estimate of drug-likeness (QED) is 0.202. The first-order valence-corrected chi connectivity index (χ1v) is 15.0. The van der Waals surface area contributed by atoms with Crippen molar-refractivity contribution in [2.45, 2.75) is 0 Å². The lowest BCUT2D eigenvalue weighted by Crippen LogP contribution is -1.92. The number of nitrogens with zero attached hydrogens (tertiary/aromatic N) is 2. The van der Waals surface area contributed by atoms with E-state index in [0.29, 0.717) is 0 Å². The fraction of sp³-hybridized carbons (Fsp3) is 0. The number of hydrogen-bond acceptors (Lipinski definition) is 4. The third-order valence-electron chi connectivity index (χ3n) is 7.99. The maximum absolute atomic E-state index is 4.89. The Kier molecular flexibility index (Phi) is 4.68. The highest BCUT2D eigenvalue weighted by Gasteiger charge is 2.19. The summed E-state index contributed by atoms with van der Waals surface area (Å²) in [4.78, 5) is 9.79. The number of aromatic nitrogens is 2. The van der Waals surface area contributed by atoms with Crippen LogP contribution in [0.1, 0.15) is 0 Å². The van der Waals surface area contributed by atoms with Gasteiger partial charge in [-0.25, -0.2) is 0 Å². The minimum atomic E-state index is 0.914. The fourth-order valence-electron chi connectivity index (χ4n) is 6.21. The molecule has 0 atom stereocenters. The van der Waals surface area contributed by atoms with Gasteiger partial charge in [-0.2, -0.15) is 0 Å². The molecule has 9 aromatic rings. The number of benzene rings is 5. The summed E-state index contributed by atoms with van der Waals surface area (Å²) < 4.78 is 5.25. The maximum Gasteiger partial charge on any atom is 0.0971 e. The molecule has 0 radical (unpaired) electrons. The number of thiophene rings is 2. The molecule has 0 unspecified atom stereocenters. The van der Waals surface area contributed by atoms with E-state index in [-0.39, 0.29) is 0 Å². The Morgan fingerprint density at radius 1 is 0.425 bits per heavy atom. The Morgan fingerprint density at radius 2 is 1.02 bits per heavy atom. The number of fused-ring (bicyclic) bond motifs is 9. The van der Waals surface area contributed by atoms with Crippen molar-refractivity contribution in [3.05, 3.63) is 122 Å². The lowest BCUT2D eigenvalue weighted by atomic mass is 9.91. The van der Waals surface area contributed by atoms with Crippen LogP contribution in [0.5, 0.6) is 0 Å².